The van der Waals surface area contributed by atoms with Crippen molar-refractivity contribution in [3.8, 4) is 16.9 Å². The molecule has 0 unspecified atom stereocenters. The zero-order chi connectivity index (χ0) is 18.4. The number of carbonyl (C=O) groups excluding carboxylic acids is 1. The fourth-order valence-corrected chi connectivity index (χ4v) is 2.77. The first-order valence-electron chi connectivity index (χ1n) is 7.77. The van der Waals surface area contributed by atoms with Crippen molar-refractivity contribution >= 4 is 11.8 Å². The fourth-order valence-electron chi connectivity index (χ4n) is 2.77. The van der Waals surface area contributed by atoms with Gasteiger partial charge in [-0.25, -0.2) is 13.6 Å². The molecule has 1 N–H and O–H groups in total. The molecule has 0 saturated heterocycles. The maximum absolute atomic E-state index is 13.6. The van der Waals surface area contributed by atoms with Crippen molar-refractivity contribution < 1.29 is 28.2 Å². The second-order valence-electron chi connectivity index (χ2n) is 6.48. The Balaban J connectivity index is 2.17. The molecule has 3 rings (SSSR count). The van der Waals surface area contributed by atoms with E-state index in [2.05, 4.69) is 0 Å². The highest BCUT2D eigenvalue weighted by molar-refractivity contribution is 6.01. The lowest BCUT2D eigenvalue weighted by molar-refractivity contribution is -0.152. The highest BCUT2D eigenvalue weighted by Crippen LogP contribution is 2.38. The zero-order valence-corrected chi connectivity index (χ0v) is 13.7. The van der Waals surface area contributed by atoms with E-state index < -0.39 is 23.2 Å². The maximum Gasteiger partial charge on any atom is 0.347 e. The number of halogens is 2. The van der Waals surface area contributed by atoms with Crippen molar-refractivity contribution in [1.82, 2.24) is 0 Å². The SMILES string of the molecule is CC(C)(Oc1cc2c(cc1-c1ccc(F)c(F)c1)CCC2=O)C(=O)O. The van der Waals surface area contributed by atoms with Crippen molar-refractivity contribution in [3.05, 3.63) is 53.1 Å². The molecular weight excluding hydrogens is 330 g/mol. The summed E-state index contributed by atoms with van der Waals surface area (Å²) in [5.74, 6) is -3.08. The summed E-state index contributed by atoms with van der Waals surface area (Å²) in [4.78, 5) is 23.4. The number of carbonyl (C=O) groups is 2. The van der Waals surface area contributed by atoms with Crippen LogP contribution < -0.4 is 4.74 Å². The van der Waals surface area contributed by atoms with Crippen LogP contribution in [0.15, 0.2) is 30.3 Å². The van der Waals surface area contributed by atoms with Gasteiger partial charge in [-0.1, -0.05) is 6.07 Å². The average molecular weight is 346 g/mol. The minimum atomic E-state index is -1.55. The number of rotatable bonds is 4. The van der Waals surface area contributed by atoms with Gasteiger partial charge in [0.05, 0.1) is 0 Å². The summed E-state index contributed by atoms with van der Waals surface area (Å²) in [7, 11) is 0. The summed E-state index contributed by atoms with van der Waals surface area (Å²) in [5, 5.41) is 9.29. The quantitative estimate of drug-likeness (QED) is 0.909. The first-order chi connectivity index (χ1) is 11.7. The number of carboxylic acid groups (broad SMARTS) is 1. The highest BCUT2D eigenvalue weighted by atomic mass is 19.2. The monoisotopic (exact) mass is 346 g/mol. The van der Waals surface area contributed by atoms with Crippen molar-refractivity contribution in [2.24, 2.45) is 0 Å². The van der Waals surface area contributed by atoms with Gasteiger partial charge in [-0.3, -0.25) is 4.79 Å². The second kappa shape index (κ2) is 5.95. The topological polar surface area (TPSA) is 63.6 Å². The maximum atomic E-state index is 13.6. The lowest BCUT2D eigenvalue weighted by Gasteiger charge is -2.24. The van der Waals surface area contributed by atoms with Crippen molar-refractivity contribution in [2.75, 3.05) is 0 Å². The molecule has 0 atom stereocenters. The third kappa shape index (κ3) is 3.12. The molecule has 0 saturated carbocycles. The summed E-state index contributed by atoms with van der Waals surface area (Å²) < 4.78 is 32.5. The number of ether oxygens (including phenoxy) is 1. The molecule has 0 heterocycles. The number of ketones is 1. The molecule has 2 aromatic rings. The molecule has 25 heavy (non-hydrogen) atoms. The first-order valence-corrected chi connectivity index (χ1v) is 7.77. The van der Waals surface area contributed by atoms with Gasteiger partial charge in [0, 0.05) is 17.5 Å². The summed E-state index contributed by atoms with van der Waals surface area (Å²) in [6, 6.07) is 6.58. The van der Waals surface area contributed by atoms with Crippen LogP contribution in [0.3, 0.4) is 0 Å². The Morgan fingerprint density at radius 2 is 1.80 bits per heavy atom. The van der Waals surface area contributed by atoms with Gasteiger partial charge in [-0.15, -0.1) is 0 Å². The molecule has 0 fully saturated rings. The van der Waals surface area contributed by atoms with Gasteiger partial charge in [-0.05, 0) is 55.7 Å². The Kier molecular flexibility index (Phi) is 4.06. The fraction of sp³-hybridized carbons (Fsp3) is 0.263. The number of aliphatic carboxylic acids is 1. The Morgan fingerprint density at radius 1 is 1.08 bits per heavy atom. The number of Topliss-reactive ketones (excluding diaryl/α,β-unsaturated/α-hetero) is 1. The van der Waals surface area contributed by atoms with Gasteiger partial charge in [0.2, 0.25) is 0 Å². The third-order valence-electron chi connectivity index (χ3n) is 4.24. The summed E-state index contributed by atoms with van der Waals surface area (Å²) >= 11 is 0. The minimum Gasteiger partial charge on any atom is -0.478 e. The highest BCUT2D eigenvalue weighted by Gasteiger charge is 2.32. The predicted octanol–water partition coefficient (Wildman–Crippen LogP) is 4.00. The number of benzene rings is 2. The van der Waals surface area contributed by atoms with Crippen LogP contribution in [-0.4, -0.2) is 22.5 Å². The van der Waals surface area contributed by atoms with Crippen LogP contribution in [0, 0.1) is 11.6 Å². The van der Waals surface area contributed by atoms with E-state index >= 15 is 0 Å². The van der Waals surface area contributed by atoms with E-state index in [0.717, 1.165) is 17.7 Å². The summed E-state index contributed by atoms with van der Waals surface area (Å²) in [6.45, 7) is 2.75. The lowest BCUT2D eigenvalue weighted by Crippen LogP contribution is -2.38. The van der Waals surface area contributed by atoms with E-state index in [-0.39, 0.29) is 11.5 Å². The van der Waals surface area contributed by atoms with Gasteiger partial charge in [0.15, 0.2) is 23.0 Å². The first kappa shape index (κ1) is 17.1. The van der Waals surface area contributed by atoms with Gasteiger partial charge in [0.1, 0.15) is 5.75 Å². The van der Waals surface area contributed by atoms with Crippen LogP contribution >= 0.6 is 0 Å². The van der Waals surface area contributed by atoms with E-state index in [1.165, 1.54) is 26.0 Å². The van der Waals surface area contributed by atoms with Crippen LogP contribution in [0.25, 0.3) is 11.1 Å². The molecule has 130 valence electrons. The Morgan fingerprint density at radius 3 is 2.44 bits per heavy atom. The number of aryl methyl sites for hydroxylation is 1. The van der Waals surface area contributed by atoms with E-state index in [1.807, 2.05) is 0 Å². The molecule has 2 aromatic carbocycles. The molecule has 4 nitrogen and oxygen atoms in total. The number of fused-ring (bicyclic) bond motifs is 1. The average Bonchev–Trinajstić information content (AvgIpc) is 2.89. The van der Waals surface area contributed by atoms with Crippen LogP contribution in [0.5, 0.6) is 5.75 Å². The number of carboxylic acids is 1. The lowest BCUT2D eigenvalue weighted by atomic mass is 9.98. The molecule has 1 aliphatic rings. The van der Waals surface area contributed by atoms with Crippen LogP contribution in [0.2, 0.25) is 0 Å². The third-order valence-corrected chi connectivity index (χ3v) is 4.24. The standard InChI is InChI=1S/C19H16F2O4/c1-19(2,18(23)24)25-17-9-12-10(4-6-16(12)22)7-13(17)11-3-5-14(20)15(21)8-11/h3,5,7-9H,4,6H2,1-2H3,(H,23,24). The zero-order valence-electron chi connectivity index (χ0n) is 13.7. The Labute approximate surface area is 143 Å². The van der Waals surface area contributed by atoms with E-state index in [1.54, 1.807) is 6.07 Å². The predicted molar refractivity (Wildman–Crippen MR) is 86.8 cm³/mol. The molecule has 6 heteroatoms. The van der Waals surface area contributed by atoms with E-state index in [4.69, 9.17) is 4.74 Å². The van der Waals surface area contributed by atoms with Gasteiger partial charge in [-0.2, -0.15) is 0 Å². The molecule has 0 aromatic heterocycles. The molecule has 1 aliphatic carbocycles. The molecule has 0 radical (unpaired) electrons. The van der Waals surface area contributed by atoms with Crippen molar-refractivity contribution in [1.29, 1.82) is 0 Å². The van der Waals surface area contributed by atoms with Crippen molar-refractivity contribution in [3.63, 3.8) is 0 Å². The van der Waals surface area contributed by atoms with Crippen LogP contribution in [0.1, 0.15) is 36.2 Å². The van der Waals surface area contributed by atoms with Gasteiger partial charge >= 0.3 is 5.97 Å². The Bertz CT molecular complexity index is 887. The Hall–Kier alpha value is -2.76. The second-order valence-corrected chi connectivity index (χ2v) is 6.48. The van der Waals surface area contributed by atoms with Crippen molar-refractivity contribution in [2.45, 2.75) is 32.3 Å². The molecular formula is C19H16F2O4. The summed E-state index contributed by atoms with van der Waals surface area (Å²) in [6.07, 6.45) is 0.909. The molecule has 0 aliphatic heterocycles. The summed E-state index contributed by atoms with van der Waals surface area (Å²) in [5.41, 5.74) is 0.468. The van der Waals surface area contributed by atoms with E-state index in [0.29, 0.717) is 29.5 Å². The largest absolute Gasteiger partial charge is 0.478 e. The van der Waals surface area contributed by atoms with Gasteiger partial charge in [0.25, 0.3) is 0 Å². The molecule has 0 bridgehead atoms. The number of hydrogen-bond donors (Lipinski definition) is 1. The normalized spacial score (nSPS) is 13.7. The van der Waals surface area contributed by atoms with Gasteiger partial charge < -0.3 is 9.84 Å². The van der Waals surface area contributed by atoms with E-state index in [9.17, 15) is 23.5 Å². The van der Waals surface area contributed by atoms with Crippen LogP contribution in [-0.2, 0) is 11.2 Å². The molecule has 0 amide bonds. The molecule has 0 spiro atoms. The smallest absolute Gasteiger partial charge is 0.347 e. The van der Waals surface area contributed by atoms with Crippen LogP contribution in [0.4, 0.5) is 8.78 Å². The number of hydrogen-bond acceptors (Lipinski definition) is 3. The minimum absolute atomic E-state index is 0.0511.